The summed E-state index contributed by atoms with van der Waals surface area (Å²) < 4.78 is 0. The van der Waals surface area contributed by atoms with Gasteiger partial charge in [0.05, 0.1) is 5.69 Å². The highest BCUT2D eigenvalue weighted by Crippen LogP contribution is 2.20. The van der Waals surface area contributed by atoms with E-state index in [1.807, 2.05) is 36.4 Å². The number of rotatable bonds is 1. The van der Waals surface area contributed by atoms with Crippen molar-refractivity contribution in [1.29, 1.82) is 5.26 Å². The molecule has 0 N–H and O–H groups in total. The molecule has 2 nitrogen and oxygen atoms in total. The van der Waals surface area contributed by atoms with Crippen LogP contribution in [-0.2, 0) is 0 Å². The number of nitrogens with zero attached hydrogens (tertiary/aromatic N) is 2. The Hall–Kier alpha value is -2.01. The third-order valence-electron chi connectivity index (χ3n) is 2.27. The van der Waals surface area contributed by atoms with E-state index in [0.29, 0.717) is 0 Å². The van der Waals surface area contributed by atoms with Crippen LogP contribution in [0.1, 0.15) is 0 Å². The molecular weight excluding hydrogens is 172 g/mol. The molecule has 2 aromatic rings. The number of fused-ring (bicyclic) bond motifs is 1. The molecule has 0 saturated carbocycles. The van der Waals surface area contributed by atoms with Gasteiger partial charge >= 0.3 is 0 Å². The summed E-state index contributed by atoms with van der Waals surface area (Å²) in [6.07, 6.45) is 2.08. The third kappa shape index (κ3) is 1.40. The lowest BCUT2D eigenvalue weighted by Gasteiger charge is -2.09. The fourth-order valence-electron chi connectivity index (χ4n) is 1.44. The van der Waals surface area contributed by atoms with Crippen molar-refractivity contribution < 1.29 is 0 Å². The van der Waals surface area contributed by atoms with Crippen molar-refractivity contribution in [2.24, 2.45) is 0 Å². The maximum atomic E-state index is 8.74. The summed E-state index contributed by atoms with van der Waals surface area (Å²) in [6, 6.07) is 14.1. The molecule has 0 spiro atoms. The molecular formula is C12H10N2. The summed E-state index contributed by atoms with van der Waals surface area (Å²) in [5, 5.41) is 11.1. The summed E-state index contributed by atoms with van der Waals surface area (Å²) in [7, 11) is 1.75. The highest BCUT2D eigenvalue weighted by atomic mass is 15.1. The molecule has 0 aliphatic carbocycles. The average molecular weight is 182 g/mol. The first-order chi connectivity index (χ1) is 6.81. The van der Waals surface area contributed by atoms with Crippen molar-refractivity contribution in [3.63, 3.8) is 0 Å². The lowest BCUT2D eigenvalue weighted by Crippen LogP contribution is -2.07. The van der Waals surface area contributed by atoms with Crippen molar-refractivity contribution in [2.75, 3.05) is 11.9 Å². The molecule has 0 unspecified atom stereocenters. The largest absolute Gasteiger partial charge is 0.283 e. The van der Waals surface area contributed by atoms with Crippen LogP contribution in [0.3, 0.4) is 0 Å². The second kappa shape index (κ2) is 3.39. The van der Waals surface area contributed by atoms with Gasteiger partial charge in [0.15, 0.2) is 6.19 Å². The van der Waals surface area contributed by atoms with Crippen LogP contribution in [0, 0.1) is 11.5 Å². The van der Waals surface area contributed by atoms with Crippen molar-refractivity contribution in [3.8, 4) is 6.19 Å². The van der Waals surface area contributed by atoms with E-state index >= 15 is 0 Å². The van der Waals surface area contributed by atoms with Gasteiger partial charge in [-0.3, -0.25) is 4.90 Å². The average Bonchev–Trinajstić information content (AvgIpc) is 2.27. The van der Waals surface area contributed by atoms with Crippen LogP contribution in [0.2, 0.25) is 0 Å². The summed E-state index contributed by atoms with van der Waals surface area (Å²) in [4.78, 5) is 1.55. The van der Waals surface area contributed by atoms with Crippen LogP contribution in [0.15, 0.2) is 42.5 Å². The summed E-state index contributed by atoms with van der Waals surface area (Å²) in [5.74, 6) is 0. The van der Waals surface area contributed by atoms with Crippen LogP contribution in [-0.4, -0.2) is 7.05 Å². The first kappa shape index (κ1) is 8.58. The van der Waals surface area contributed by atoms with Gasteiger partial charge < -0.3 is 0 Å². The van der Waals surface area contributed by atoms with Crippen LogP contribution in [0.25, 0.3) is 10.8 Å². The zero-order valence-corrected chi connectivity index (χ0v) is 7.94. The Bertz CT molecular complexity index is 497. The van der Waals surface area contributed by atoms with Crippen molar-refractivity contribution in [1.82, 2.24) is 0 Å². The molecule has 0 amide bonds. The Labute approximate surface area is 83.0 Å². The molecule has 0 aliphatic heterocycles. The summed E-state index contributed by atoms with van der Waals surface area (Å²) in [6.45, 7) is 0. The maximum Gasteiger partial charge on any atom is 0.183 e. The number of hydrogen-bond donors (Lipinski definition) is 0. The molecule has 0 bridgehead atoms. The minimum Gasteiger partial charge on any atom is -0.283 e. The van der Waals surface area contributed by atoms with Gasteiger partial charge in [0.25, 0.3) is 0 Å². The predicted octanol–water partition coefficient (Wildman–Crippen LogP) is 2.76. The van der Waals surface area contributed by atoms with Crippen LogP contribution in [0.4, 0.5) is 5.69 Å². The third-order valence-corrected chi connectivity index (χ3v) is 2.27. The van der Waals surface area contributed by atoms with Gasteiger partial charge in [-0.15, -0.1) is 0 Å². The van der Waals surface area contributed by atoms with E-state index in [1.54, 1.807) is 11.9 Å². The van der Waals surface area contributed by atoms with Gasteiger partial charge in [-0.25, -0.2) is 0 Å². The van der Waals surface area contributed by atoms with Crippen molar-refractivity contribution in [2.45, 2.75) is 0 Å². The van der Waals surface area contributed by atoms with E-state index in [-0.39, 0.29) is 0 Å². The summed E-state index contributed by atoms with van der Waals surface area (Å²) >= 11 is 0. The predicted molar refractivity (Wildman–Crippen MR) is 58.0 cm³/mol. The van der Waals surface area contributed by atoms with Crippen LogP contribution in [0.5, 0.6) is 0 Å². The Morgan fingerprint density at radius 2 is 1.79 bits per heavy atom. The van der Waals surface area contributed by atoms with Crippen molar-refractivity contribution >= 4 is 16.5 Å². The number of nitriles is 1. The maximum absolute atomic E-state index is 8.74. The zero-order valence-electron chi connectivity index (χ0n) is 7.94. The molecule has 0 radical (unpaired) electrons. The minimum atomic E-state index is 0.922. The Kier molecular flexibility index (Phi) is 2.08. The number of hydrogen-bond acceptors (Lipinski definition) is 2. The number of benzene rings is 2. The molecule has 2 aromatic carbocycles. The SMILES string of the molecule is CN(C#N)c1ccc2ccccc2c1. The summed E-state index contributed by atoms with van der Waals surface area (Å²) in [5.41, 5.74) is 0.922. The first-order valence-electron chi connectivity index (χ1n) is 4.43. The topological polar surface area (TPSA) is 27.0 Å². The normalized spacial score (nSPS) is 9.71. The molecule has 0 saturated heterocycles. The lowest BCUT2D eigenvalue weighted by atomic mass is 10.1. The molecule has 0 fully saturated rings. The Balaban J connectivity index is 2.58. The monoisotopic (exact) mass is 182 g/mol. The van der Waals surface area contributed by atoms with Gasteiger partial charge in [-0.05, 0) is 22.9 Å². The van der Waals surface area contributed by atoms with E-state index in [1.165, 1.54) is 5.39 Å². The highest BCUT2D eigenvalue weighted by Gasteiger charge is 1.99. The Morgan fingerprint density at radius 3 is 2.50 bits per heavy atom. The van der Waals surface area contributed by atoms with Crippen LogP contribution < -0.4 is 4.90 Å². The lowest BCUT2D eigenvalue weighted by molar-refractivity contribution is 1.21. The van der Waals surface area contributed by atoms with Gasteiger partial charge in [-0.2, -0.15) is 5.26 Å². The molecule has 2 heteroatoms. The fourth-order valence-corrected chi connectivity index (χ4v) is 1.44. The molecule has 0 atom stereocenters. The van der Waals surface area contributed by atoms with E-state index < -0.39 is 0 Å². The molecule has 0 aromatic heterocycles. The second-order valence-corrected chi connectivity index (χ2v) is 3.19. The quantitative estimate of drug-likeness (QED) is 0.501. The van der Waals surface area contributed by atoms with Crippen LogP contribution >= 0.6 is 0 Å². The van der Waals surface area contributed by atoms with E-state index in [4.69, 9.17) is 5.26 Å². The molecule has 0 heterocycles. The molecule has 68 valence electrons. The minimum absolute atomic E-state index is 0.922. The standard InChI is InChI=1S/C12H10N2/c1-14(9-13)12-7-6-10-4-2-3-5-11(10)8-12/h2-8H,1H3. The molecule has 14 heavy (non-hydrogen) atoms. The highest BCUT2D eigenvalue weighted by molar-refractivity contribution is 5.86. The zero-order chi connectivity index (χ0) is 9.97. The molecule has 0 aliphatic rings. The Morgan fingerprint density at radius 1 is 1.07 bits per heavy atom. The van der Waals surface area contributed by atoms with Gasteiger partial charge in [0, 0.05) is 7.05 Å². The van der Waals surface area contributed by atoms with E-state index in [2.05, 4.69) is 12.3 Å². The smallest absolute Gasteiger partial charge is 0.183 e. The second-order valence-electron chi connectivity index (χ2n) is 3.19. The van der Waals surface area contributed by atoms with Crippen molar-refractivity contribution in [3.05, 3.63) is 42.5 Å². The van der Waals surface area contributed by atoms with E-state index in [9.17, 15) is 0 Å². The fraction of sp³-hybridized carbons (Fsp3) is 0.0833. The van der Waals surface area contributed by atoms with Gasteiger partial charge in [-0.1, -0.05) is 30.3 Å². The van der Waals surface area contributed by atoms with E-state index in [0.717, 1.165) is 11.1 Å². The van der Waals surface area contributed by atoms with Gasteiger partial charge in [0.2, 0.25) is 0 Å². The van der Waals surface area contributed by atoms with Gasteiger partial charge in [0.1, 0.15) is 0 Å². The first-order valence-corrected chi connectivity index (χ1v) is 4.43. The number of anilines is 1. The molecule has 2 rings (SSSR count).